The molecule has 0 saturated carbocycles. The van der Waals surface area contributed by atoms with Crippen LogP contribution in [0.1, 0.15) is 31.0 Å². The molecule has 1 amide bonds. The molecule has 1 atom stereocenters. The molecule has 33 heavy (non-hydrogen) atoms. The molecule has 1 aliphatic heterocycles. The van der Waals surface area contributed by atoms with E-state index in [0.717, 1.165) is 0 Å². The van der Waals surface area contributed by atoms with E-state index in [1.54, 1.807) is 80.2 Å². The maximum Gasteiger partial charge on any atom is 0.300 e. The van der Waals surface area contributed by atoms with Crippen LogP contribution in [0.25, 0.3) is 5.76 Å². The molecule has 1 fully saturated rings. The van der Waals surface area contributed by atoms with Crippen LogP contribution in [-0.2, 0) is 9.59 Å². The minimum absolute atomic E-state index is 0.00552. The summed E-state index contributed by atoms with van der Waals surface area (Å²) in [5, 5.41) is 11.2. The van der Waals surface area contributed by atoms with E-state index in [-0.39, 0.29) is 17.4 Å². The molecule has 4 rings (SSSR count). The molecule has 0 bridgehead atoms. The lowest BCUT2D eigenvalue weighted by molar-refractivity contribution is -0.132. The zero-order valence-corrected chi connectivity index (χ0v) is 18.6. The molecular formula is C26H24N2O5. The standard InChI is InChI=1S/C26H24N2O5/c1-16(2)33-21-8-4-18(5-9-21)24(29)22-23(17-12-14-27-15-13-17)28(26(31)25(22)30)19-6-10-20(32-3)11-7-19/h4-16,23,29H,1-3H3/b24-22-. The third-order valence-corrected chi connectivity index (χ3v) is 5.32. The van der Waals surface area contributed by atoms with E-state index in [2.05, 4.69) is 4.98 Å². The van der Waals surface area contributed by atoms with Gasteiger partial charge in [-0.25, -0.2) is 0 Å². The predicted molar refractivity (Wildman–Crippen MR) is 124 cm³/mol. The smallest absolute Gasteiger partial charge is 0.300 e. The fourth-order valence-corrected chi connectivity index (χ4v) is 3.82. The quantitative estimate of drug-likeness (QED) is 0.342. The summed E-state index contributed by atoms with van der Waals surface area (Å²) in [7, 11) is 1.55. The minimum Gasteiger partial charge on any atom is -0.507 e. The Morgan fingerprint density at radius 1 is 0.939 bits per heavy atom. The molecule has 2 heterocycles. The number of hydrogen-bond acceptors (Lipinski definition) is 6. The van der Waals surface area contributed by atoms with Gasteiger partial charge in [-0.2, -0.15) is 0 Å². The third-order valence-electron chi connectivity index (χ3n) is 5.32. The number of pyridine rings is 1. The summed E-state index contributed by atoms with van der Waals surface area (Å²) in [6, 6.07) is 16.2. The Hall–Kier alpha value is -4.13. The minimum atomic E-state index is -0.812. The van der Waals surface area contributed by atoms with Gasteiger partial charge in [0.1, 0.15) is 17.3 Å². The van der Waals surface area contributed by atoms with Gasteiger partial charge in [0.15, 0.2) is 0 Å². The van der Waals surface area contributed by atoms with Crippen molar-refractivity contribution in [1.29, 1.82) is 0 Å². The van der Waals surface area contributed by atoms with E-state index < -0.39 is 17.7 Å². The number of hydrogen-bond donors (Lipinski definition) is 1. The molecule has 2 aromatic carbocycles. The van der Waals surface area contributed by atoms with Crippen LogP contribution in [-0.4, -0.2) is 35.0 Å². The van der Waals surface area contributed by atoms with E-state index in [1.165, 1.54) is 4.90 Å². The number of aromatic nitrogens is 1. The Bertz CT molecular complexity index is 1190. The van der Waals surface area contributed by atoms with Crippen LogP contribution in [0.3, 0.4) is 0 Å². The number of aliphatic hydroxyl groups excluding tert-OH is 1. The largest absolute Gasteiger partial charge is 0.507 e. The second kappa shape index (κ2) is 9.16. The third kappa shape index (κ3) is 4.30. The Kier molecular flexibility index (Phi) is 6.13. The van der Waals surface area contributed by atoms with Gasteiger partial charge in [-0.15, -0.1) is 0 Å². The predicted octanol–water partition coefficient (Wildman–Crippen LogP) is 4.50. The number of aliphatic hydroxyl groups is 1. The number of carbonyl (C=O) groups is 2. The maximum atomic E-state index is 13.1. The fraction of sp³-hybridized carbons (Fsp3) is 0.192. The van der Waals surface area contributed by atoms with Gasteiger partial charge >= 0.3 is 0 Å². The van der Waals surface area contributed by atoms with Crippen LogP contribution in [0, 0.1) is 0 Å². The number of amides is 1. The Labute approximate surface area is 191 Å². The molecule has 7 heteroatoms. The van der Waals surface area contributed by atoms with E-state index in [0.29, 0.717) is 28.3 Å². The first-order valence-electron chi connectivity index (χ1n) is 10.5. The number of nitrogens with zero attached hydrogens (tertiary/aromatic N) is 2. The Balaban J connectivity index is 1.83. The van der Waals surface area contributed by atoms with E-state index in [4.69, 9.17) is 9.47 Å². The number of ketones is 1. The monoisotopic (exact) mass is 444 g/mol. The number of carbonyl (C=O) groups excluding carboxylic acids is 2. The number of anilines is 1. The zero-order chi connectivity index (χ0) is 23.5. The Morgan fingerprint density at radius 3 is 2.12 bits per heavy atom. The molecule has 168 valence electrons. The van der Waals surface area contributed by atoms with Crippen LogP contribution in [0.5, 0.6) is 11.5 Å². The molecular weight excluding hydrogens is 420 g/mol. The van der Waals surface area contributed by atoms with E-state index >= 15 is 0 Å². The van der Waals surface area contributed by atoms with Crippen molar-refractivity contribution in [1.82, 2.24) is 4.98 Å². The average Bonchev–Trinajstić information content (AvgIpc) is 3.10. The van der Waals surface area contributed by atoms with Gasteiger partial charge in [0.05, 0.1) is 24.8 Å². The van der Waals surface area contributed by atoms with Gasteiger partial charge in [0.25, 0.3) is 11.7 Å². The second-order valence-electron chi connectivity index (χ2n) is 7.84. The van der Waals surface area contributed by atoms with E-state index in [9.17, 15) is 14.7 Å². The van der Waals surface area contributed by atoms with Gasteiger partial charge in [0, 0.05) is 23.6 Å². The van der Waals surface area contributed by atoms with Crippen LogP contribution in [0.4, 0.5) is 5.69 Å². The highest BCUT2D eigenvalue weighted by Gasteiger charge is 2.46. The van der Waals surface area contributed by atoms with Crippen molar-refractivity contribution < 1.29 is 24.2 Å². The number of methoxy groups -OCH3 is 1. The molecule has 7 nitrogen and oxygen atoms in total. The van der Waals surface area contributed by atoms with Gasteiger partial charge in [-0.1, -0.05) is 0 Å². The molecule has 1 unspecified atom stereocenters. The highest BCUT2D eigenvalue weighted by Crippen LogP contribution is 2.42. The van der Waals surface area contributed by atoms with E-state index in [1.807, 2.05) is 13.8 Å². The Morgan fingerprint density at radius 2 is 1.55 bits per heavy atom. The highest BCUT2D eigenvalue weighted by molar-refractivity contribution is 6.51. The first-order valence-corrected chi connectivity index (χ1v) is 10.5. The molecule has 0 spiro atoms. The normalized spacial score (nSPS) is 17.5. The topological polar surface area (TPSA) is 89.0 Å². The maximum absolute atomic E-state index is 13.1. The van der Waals surface area contributed by atoms with Crippen LogP contribution in [0.15, 0.2) is 78.6 Å². The summed E-state index contributed by atoms with van der Waals surface area (Å²) in [6.07, 6.45) is 3.18. The fourth-order valence-electron chi connectivity index (χ4n) is 3.82. The van der Waals surface area contributed by atoms with Crippen molar-refractivity contribution in [2.24, 2.45) is 0 Å². The second-order valence-corrected chi connectivity index (χ2v) is 7.84. The van der Waals surface area contributed by atoms with Crippen molar-refractivity contribution in [3.05, 3.63) is 89.8 Å². The summed E-state index contributed by atoms with van der Waals surface area (Å²) in [5.74, 6) is -0.455. The van der Waals surface area contributed by atoms with Crippen molar-refractivity contribution in [3.63, 3.8) is 0 Å². The van der Waals surface area contributed by atoms with Crippen molar-refractivity contribution in [2.75, 3.05) is 12.0 Å². The SMILES string of the molecule is COc1ccc(N2C(=O)C(=O)/C(=C(\O)c3ccc(OC(C)C)cc3)C2c2ccncc2)cc1. The lowest BCUT2D eigenvalue weighted by atomic mass is 9.95. The van der Waals surface area contributed by atoms with Crippen LogP contribution < -0.4 is 14.4 Å². The average molecular weight is 444 g/mol. The summed E-state index contributed by atoms with van der Waals surface area (Å²) in [5.41, 5.74) is 1.60. The lowest BCUT2D eigenvalue weighted by Crippen LogP contribution is -2.29. The van der Waals surface area contributed by atoms with Gasteiger partial charge in [-0.05, 0) is 80.1 Å². The van der Waals surface area contributed by atoms with Gasteiger partial charge < -0.3 is 14.6 Å². The molecule has 1 aliphatic rings. The van der Waals surface area contributed by atoms with Crippen LogP contribution in [0.2, 0.25) is 0 Å². The van der Waals surface area contributed by atoms with Crippen molar-refractivity contribution in [3.8, 4) is 11.5 Å². The lowest BCUT2D eigenvalue weighted by Gasteiger charge is -2.25. The molecule has 3 aromatic rings. The van der Waals surface area contributed by atoms with Gasteiger partial charge in [0.2, 0.25) is 0 Å². The number of benzene rings is 2. The molecule has 1 N–H and O–H groups in total. The first kappa shape index (κ1) is 22.1. The summed E-state index contributed by atoms with van der Waals surface area (Å²) in [4.78, 5) is 31.7. The first-order chi connectivity index (χ1) is 15.9. The number of Topliss-reactive ketones (excluding diaryl/α,β-unsaturated/α-hetero) is 1. The molecule has 1 saturated heterocycles. The summed E-state index contributed by atoms with van der Waals surface area (Å²) < 4.78 is 10.9. The zero-order valence-electron chi connectivity index (χ0n) is 18.6. The van der Waals surface area contributed by atoms with Crippen molar-refractivity contribution >= 4 is 23.1 Å². The van der Waals surface area contributed by atoms with Crippen LogP contribution >= 0.6 is 0 Å². The summed E-state index contributed by atoms with van der Waals surface area (Å²) in [6.45, 7) is 3.84. The molecule has 0 radical (unpaired) electrons. The number of rotatable bonds is 6. The molecule has 0 aliphatic carbocycles. The summed E-state index contributed by atoms with van der Waals surface area (Å²) >= 11 is 0. The van der Waals surface area contributed by atoms with Gasteiger partial charge in [-0.3, -0.25) is 19.5 Å². The van der Waals surface area contributed by atoms with Crippen molar-refractivity contribution in [2.45, 2.75) is 26.0 Å². The molecule has 1 aromatic heterocycles. The number of ether oxygens (including phenoxy) is 2. The highest BCUT2D eigenvalue weighted by atomic mass is 16.5.